The number of carbonyl (C=O) groups is 1. The molecule has 1 saturated heterocycles. The maximum Gasteiger partial charge on any atom is 0.270 e. The van der Waals surface area contributed by atoms with E-state index in [1.165, 1.54) is 30.3 Å². The van der Waals surface area contributed by atoms with Gasteiger partial charge in [0.15, 0.2) is 5.78 Å². The van der Waals surface area contributed by atoms with Gasteiger partial charge in [-0.25, -0.2) is 0 Å². The van der Waals surface area contributed by atoms with E-state index >= 15 is 0 Å². The van der Waals surface area contributed by atoms with Gasteiger partial charge in [-0.3, -0.25) is 25.0 Å². The molecule has 0 amide bonds. The normalized spacial score (nSPS) is 22.3. The zero-order valence-corrected chi connectivity index (χ0v) is 16.1. The average Bonchev–Trinajstić information content (AvgIpc) is 3.05. The first kappa shape index (κ1) is 20.0. The third kappa shape index (κ3) is 3.67. The van der Waals surface area contributed by atoms with Crippen LogP contribution in [0.1, 0.15) is 17.5 Å². The summed E-state index contributed by atoms with van der Waals surface area (Å²) in [6, 6.07) is 13.3. The predicted molar refractivity (Wildman–Crippen MR) is 111 cm³/mol. The van der Waals surface area contributed by atoms with Crippen LogP contribution in [-0.2, 0) is 4.79 Å². The predicted octanol–water partition coefficient (Wildman–Crippen LogP) is 3.72. The number of nitriles is 1. The van der Waals surface area contributed by atoms with Gasteiger partial charge in [0.2, 0.25) is 0 Å². The van der Waals surface area contributed by atoms with Gasteiger partial charge < -0.3 is 4.90 Å². The van der Waals surface area contributed by atoms with Crippen LogP contribution in [0.2, 0.25) is 0 Å². The fraction of sp³-hybridized carbons (Fsp3) is 0.182. The minimum Gasteiger partial charge on any atom is -0.353 e. The number of nitrogens with zero attached hydrogens (tertiary/aromatic N) is 4. The van der Waals surface area contributed by atoms with E-state index in [2.05, 4.69) is 6.07 Å². The Morgan fingerprint density at radius 2 is 1.81 bits per heavy atom. The van der Waals surface area contributed by atoms with E-state index in [1.54, 1.807) is 36.4 Å². The summed E-state index contributed by atoms with van der Waals surface area (Å²) in [6.07, 6.45) is 5.43. The van der Waals surface area contributed by atoms with Crippen molar-refractivity contribution in [3.8, 4) is 6.07 Å². The molecule has 2 heterocycles. The minimum absolute atomic E-state index is 0.0778. The second kappa shape index (κ2) is 7.84. The Morgan fingerprint density at radius 1 is 1.10 bits per heavy atom. The lowest BCUT2D eigenvalue weighted by Crippen LogP contribution is -2.43. The molecule has 31 heavy (non-hydrogen) atoms. The van der Waals surface area contributed by atoms with Crippen LogP contribution in [0.3, 0.4) is 0 Å². The molecular formula is C22H16N4O5. The van der Waals surface area contributed by atoms with Crippen LogP contribution in [-0.4, -0.2) is 32.6 Å². The van der Waals surface area contributed by atoms with Crippen molar-refractivity contribution >= 4 is 28.9 Å². The van der Waals surface area contributed by atoms with Crippen LogP contribution < -0.4 is 0 Å². The van der Waals surface area contributed by atoms with E-state index in [0.29, 0.717) is 23.2 Å². The van der Waals surface area contributed by atoms with Crippen LogP contribution in [0.15, 0.2) is 60.7 Å². The number of fused-ring (bicyclic) bond motifs is 2. The molecule has 2 aliphatic heterocycles. The number of nitro benzene ring substituents is 2. The lowest BCUT2D eigenvalue weighted by Gasteiger charge is -2.35. The van der Waals surface area contributed by atoms with Crippen molar-refractivity contribution in [2.24, 2.45) is 5.92 Å². The highest BCUT2D eigenvalue weighted by molar-refractivity contribution is 5.99. The Hall–Kier alpha value is -4.32. The lowest BCUT2D eigenvalue weighted by molar-refractivity contribution is -0.385. The number of carbonyl (C=O) groups excluding carboxylic acids is 1. The van der Waals surface area contributed by atoms with Crippen LogP contribution in [0.5, 0.6) is 0 Å². The third-order valence-electron chi connectivity index (χ3n) is 5.51. The molecule has 0 radical (unpaired) electrons. The first-order valence-electron chi connectivity index (χ1n) is 9.50. The topological polar surface area (TPSA) is 130 Å². The van der Waals surface area contributed by atoms with Gasteiger partial charge in [-0.1, -0.05) is 18.2 Å². The van der Waals surface area contributed by atoms with E-state index in [4.69, 9.17) is 0 Å². The molecule has 2 aromatic carbocycles. The van der Waals surface area contributed by atoms with E-state index < -0.39 is 21.8 Å². The number of nitro groups is 2. The van der Waals surface area contributed by atoms with Crippen molar-refractivity contribution in [2.45, 2.75) is 18.5 Å². The minimum atomic E-state index is -0.680. The fourth-order valence-corrected chi connectivity index (χ4v) is 4.11. The summed E-state index contributed by atoms with van der Waals surface area (Å²) < 4.78 is 0. The summed E-state index contributed by atoms with van der Waals surface area (Å²) >= 11 is 0. The molecule has 0 saturated carbocycles. The standard InChI is InChI=1S/C22H16N4O5/c23-13-16-12-18-8-9-21(27)22(16)24(18)20(15-4-6-17(7-5-15)25(28)29)11-14-2-1-3-19(10-14)26(30)31/h1-11,16,18,22H,12H2/b20-11+/t16-,18?,22?/m1/s1. The summed E-state index contributed by atoms with van der Waals surface area (Å²) in [7, 11) is 0. The molecule has 1 fully saturated rings. The van der Waals surface area contributed by atoms with E-state index in [9.17, 15) is 30.3 Å². The maximum atomic E-state index is 12.6. The average molecular weight is 416 g/mol. The summed E-state index contributed by atoms with van der Waals surface area (Å²) in [5, 5.41) is 31.8. The van der Waals surface area contributed by atoms with Gasteiger partial charge in [-0.05, 0) is 41.8 Å². The molecule has 0 aromatic heterocycles. The largest absolute Gasteiger partial charge is 0.353 e. The number of hydrogen-bond donors (Lipinski definition) is 0. The Bertz CT molecular complexity index is 1180. The number of rotatable bonds is 5. The number of benzene rings is 2. The first-order valence-corrected chi connectivity index (χ1v) is 9.50. The Balaban J connectivity index is 1.86. The second-order valence-electron chi connectivity index (χ2n) is 7.34. The fourth-order valence-electron chi connectivity index (χ4n) is 4.11. The van der Waals surface area contributed by atoms with Crippen molar-refractivity contribution in [3.63, 3.8) is 0 Å². The molecule has 2 aliphatic rings. The van der Waals surface area contributed by atoms with Crippen molar-refractivity contribution in [3.05, 3.63) is 92.0 Å². The van der Waals surface area contributed by atoms with Gasteiger partial charge >= 0.3 is 0 Å². The van der Waals surface area contributed by atoms with Crippen LogP contribution in [0.25, 0.3) is 11.8 Å². The van der Waals surface area contributed by atoms with Gasteiger partial charge in [0.1, 0.15) is 6.04 Å². The molecule has 2 bridgehead atoms. The van der Waals surface area contributed by atoms with Crippen LogP contribution >= 0.6 is 0 Å². The maximum absolute atomic E-state index is 12.6. The van der Waals surface area contributed by atoms with Crippen molar-refractivity contribution in [1.29, 1.82) is 5.26 Å². The highest BCUT2D eigenvalue weighted by atomic mass is 16.6. The third-order valence-corrected chi connectivity index (χ3v) is 5.51. The van der Waals surface area contributed by atoms with Gasteiger partial charge in [0, 0.05) is 36.0 Å². The Morgan fingerprint density at radius 3 is 2.45 bits per heavy atom. The molecular weight excluding hydrogens is 400 g/mol. The molecule has 154 valence electrons. The quantitative estimate of drug-likeness (QED) is 0.412. The molecule has 0 spiro atoms. The zero-order valence-electron chi connectivity index (χ0n) is 16.1. The lowest BCUT2D eigenvalue weighted by atomic mass is 9.97. The summed E-state index contributed by atoms with van der Waals surface area (Å²) in [5.74, 6) is -0.689. The van der Waals surface area contributed by atoms with Gasteiger partial charge in [0.05, 0.1) is 21.8 Å². The summed E-state index contributed by atoms with van der Waals surface area (Å²) in [5.41, 5.74) is 1.56. The highest BCUT2D eigenvalue weighted by Crippen LogP contribution is 2.41. The van der Waals surface area contributed by atoms with Gasteiger partial charge in [-0.15, -0.1) is 0 Å². The van der Waals surface area contributed by atoms with Crippen molar-refractivity contribution in [1.82, 2.24) is 4.90 Å². The Kier molecular flexibility index (Phi) is 5.05. The number of ketones is 1. The van der Waals surface area contributed by atoms with Crippen LogP contribution in [0, 0.1) is 37.5 Å². The smallest absolute Gasteiger partial charge is 0.270 e. The highest BCUT2D eigenvalue weighted by Gasteiger charge is 2.47. The molecule has 4 rings (SSSR count). The zero-order chi connectivity index (χ0) is 22.1. The van der Waals surface area contributed by atoms with Crippen molar-refractivity contribution < 1.29 is 14.6 Å². The monoisotopic (exact) mass is 416 g/mol. The van der Waals surface area contributed by atoms with Gasteiger partial charge in [0.25, 0.3) is 11.4 Å². The summed E-state index contributed by atoms with van der Waals surface area (Å²) in [6.45, 7) is 0. The van der Waals surface area contributed by atoms with E-state index in [-0.39, 0.29) is 23.2 Å². The number of hydrogen-bond acceptors (Lipinski definition) is 7. The summed E-state index contributed by atoms with van der Waals surface area (Å²) in [4.78, 5) is 35.7. The second-order valence-corrected chi connectivity index (χ2v) is 7.34. The number of non-ortho nitro benzene ring substituents is 2. The molecule has 9 nitrogen and oxygen atoms in total. The van der Waals surface area contributed by atoms with E-state index in [1.807, 2.05) is 4.90 Å². The molecule has 0 N–H and O–H groups in total. The van der Waals surface area contributed by atoms with Gasteiger partial charge in [-0.2, -0.15) is 5.26 Å². The van der Waals surface area contributed by atoms with Crippen LogP contribution in [0.4, 0.5) is 11.4 Å². The molecule has 3 atom stereocenters. The van der Waals surface area contributed by atoms with E-state index in [0.717, 1.165) is 0 Å². The Labute approximate surface area is 176 Å². The SMILES string of the molecule is N#C[C@H]1CC2C=CC(=O)C1N2/C(=C/c1cccc([N+](=O)[O-])c1)c1ccc([N+](=O)[O-])cc1. The van der Waals surface area contributed by atoms with Crippen molar-refractivity contribution in [2.75, 3.05) is 0 Å². The molecule has 9 heteroatoms. The first-order chi connectivity index (χ1) is 14.9. The molecule has 0 aliphatic carbocycles. The molecule has 2 unspecified atom stereocenters. The molecule has 2 aromatic rings.